The van der Waals surface area contributed by atoms with Crippen LogP contribution in [0.1, 0.15) is 26.7 Å². The lowest BCUT2D eigenvalue weighted by Crippen LogP contribution is -2.29. The SMILES string of the molecule is COC(=O)C1=CC(C(N)=S)=C(C)C(C)C1C1CC1. The second-order valence-electron chi connectivity index (χ2n) is 5.20. The highest BCUT2D eigenvalue weighted by Gasteiger charge is 2.42. The van der Waals surface area contributed by atoms with E-state index in [2.05, 4.69) is 13.8 Å². The highest BCUT2D eigenvalue weighted by Crippen LogP contribution is 2.49. The Labute approximate surface area is 113 Å². The number of hydrogen-bond acceptors (Lipinski definition) is 3. The maximum atomic E-state index is 11.9. The van der Waals surface area contributed by atoms with Gasteiger partial charge in [-0.2, -0.15) is 0 Å². The lowest BCUT2D eigenvalue weighted by molar-refractivity contribution is -0.137. The zero-order valence-corrected chi connectivity index (χ0v) is 11.8. The fraction of sp³-hybridized carbons (Fsp3) is 0.571. The molecule has 2 aliphatic rings. The smallest absolute Gasteiger partial charge is 0.334 e. The van der Waals surface area contributed by atoms with E-state index in [-0.39, 0.29) is 11.9 Å². The van der Waals surface area contributed by atoms with E-state index in [4.69, 9.17) is 22.7 Å². The predicted molar refractivity (Wildman–Crippen MR) is 75.0 cm³/mol. The van der Waals surface area contributed by atoms with Crippen molar-refractivity contribution in [2.45, 2.75) is 26.7 Å². The van der Waals surface area contributed by atoms with Crippen molar-refractivity contribution in [1.29, 1.82) is 0 Å². The molecule has 0 aromatic rings. The van der Waals surface area contributed by atoms with Gasteiger partial charge in [0.15, 0.2) is 0 Å². The van der Waals surface area contributed by atoms with Gasteiger partial charge in [-0.15, -0.1) is 0 Å². The number of carbonyl (C=O) groups is 1. The summed E-state index contributed by atoms with van der Waals surface area (Å²) in [6.45, 7) is 4.20. The van der Waals surface area contributed by atoms with Gasteiger partial charge in [0.1, 0.15) is 4.99 Å². The van der Waals surface area contributed by atoms with Gasteiger partial charge in [0.25, 0.3) is 0 Å². The number of rotatable bonds is 3. The molecule has 1 saturated carbocycles. The van der Waals surface area contributed by atoms with Crippen LogP contribution in [0.4, 0.5) is 0 Å². The van der Waals surface area contributed by atoms with Crippen molar-refractivity contribution in [2.75, 3.05) is 7.11 Å². The van der Waals surface area contributed by atoms with Gasteiger partial charge in [-0.1, -0.05) is 24.7 Å². The van der Waals surface area contributed by atoms with Crippen LogP contribution >= 0.6 is 12.2 Å². The molecule has 0 aromatic heterocycles. The minimum absolute atomic E-state index is 0.250. The van der Waals surface area contributed by atoms with Crippen LogP contribution in [0.15, 0.2) is 22.8 Å². The topological polar surface area (TPSA) is 52.3 Å². The van der Waals surface area contributed by atoms with Crippen LogP contribution in [-0.4, -0.2) is 18.1 Å². The van der Waals surface area contributed by atoms with Crippen LogP contribution in [0, 0.1) is 17.8 Å². The summed E-state index contributed by atoms with van der Waals surface area (Å²) in [5, 5.41) is 0. The first-order chi connectivity index (χ1) is 8.47. The Hall–Kier alpha value is -1.16. The lowest BCUT2D eigenvalue weighted by atomic mass is 9.73. The van der Waals surface area contributed by atoms with Gasteiger partial charge < -0.3 is 10.5 Å². The third-order valence-electron chi connectivity index (χ3n) is 4.12. The van der Waals surface area contributed by atoms with Gasteiger partial charge in [0.2, 0.25) is 0 Å². The van der Waals surface area contributed by atoms with Gasteiger partial charge >= 0.3 is 5.97 Å². The molecule has 18 heavy (non-hydrogen) atoms. The second kappa shape index (κ2) is 4.84. The monoisotopic (exact) mass is 265 g/mol. The Morgan fingerprint density at radius 3 is 2.56 bits per heavy atom. The average molecular weight is 265 g/mol. The number of methoxy groups -OCH3 is 1. The lowest BCUT2D eigenvalue weighted by Gasteiger charge is -2.31. The summed E-state index contributed by atoms with van der Waals surface area (Å²) in [6, 6.07) is 0. The van der Waals surface area contributed by atoms with Crippen molar-refractivity contribution in [3.63, 3.8) is 0 Å². The van der Waals surface area contributed by atoms with Crippen LogP contribution < -0.4 is 5.73 Å². The summed E-state index contributed by atoms with van der Waals surface area (Å²) in [5.41, 5.74) is 8.49. The number of nitrogens with two attached hydrogens (primary N) is 1. The molecule has 0 saturated heterocycles. The molecule has 3 nitrogen and oxygen atoms in total. The molecule has 98 valence electrons. The maximum Gasteiger partial charge on any atom is 0.334 e. The standard InChI is InChI=1S/C14H19NO2S/c1-7-8(2)12(9-4-5-9)11(14(16)17-3)6-10(7)13(15)18/h6,8-9,12H,4-5H2,1-3H3,(H2,15,18). The maximum absolute atomic E-state index is 11.9. The summed E-state index contributed by atoms with van der Waals surface area (Å²) >= 11 is 5.06. The van der Waals surface area contributed by atoms with Crippen molar-refractivity contribution in [3.8, 4) is 0 Å². The van der Waals surface area contributed by atoms with Crippen LogP contribution in [0.2, 0.25) is 0 Å². The van der Waals surface area contributed by atoms with Crippen LogP contribution in [-0.2, 0) is 9.53 Å². The second-order valence-corrected chi connectivity index (χ2v) is 5.64. The minimum atomic E-state index is -0.250. The number of allylic oxidation sites excluding steroid dienone is 1. The van der Waals surface area contributed by atoms with Gasteiger partial charge in [-0.3, -0.25) is 0 Å². The normalized spacial score (nSPS) is 27.8. The molecule has 0 heterocycles. The highest BCUT2D eigenvalue weighted by atomic mass is 32.1. The quantitative estimate of drug-likeness (QED) is 0.629. The van der Waals surface area contributed by atoms with E-state index in [1.807, 2.05) is 6.08 Å². The first kappa shape index (κ1) is 13.3. The summed E-state index contributed by atoms with van der Waals surface area (Å²) in [7, 11) is 1.42. The summed E-state index contributed by atoms with van der Waals surface area (Å²) in [5.74, 6) is 0.914. The summed E-state index contributed by atoms with van der Waals surface area (Å²) < 4.78 is 4.90. The molecule has 0 radical (unpaired) electrons. The number of carbonyl (C=O) groups excluding carboxylic acids is 1. The molecule has 2 aliphatic carbocycles. The van der Waals surface area contributed by atoms with Crippen molar-refractivity contribution < 1.29 is 9.53 Å². The molecule has 2 rings (SSSR count). The van der Waals surface area contributed by atoms with Crippen molar-refractivity contribution in [3.05, 3.63) is 22.8 Å². The van der Waals surface area contributed by atoms with E-state index in [1.54, 1.807) is 0 Å². The molecule has 2 N–H and O–H groups in total. The zero-order chi connectivity index (χ0) is 13.4. The van der Waals surface area contributed by atoms with Gasteiger partial charge in [-0.05, 0) is 37.7 Å². The molecule has 0 amide bonds. The Balaban J connectivity index is 2.45. The molecule has 4 heteroatoms. The molecule has 0 bridgehead atoms. The van der Waals surface area contributed by atoms with E-state index in [9.17, 15) is 4.79 Å². The third-order valence-corrected chi connectivity index (χ3v) is 4.34. The number of hydrogen-bond donors (Lipinski definition) is 1. The van der Waals surface area contributed by atoms with E-state index in [0.717, 1.165) is 11.1 Å². The highest BCUT2D eigenvalue weighted by molar-refractivity contribution is 7.80. The van der Waals surface area contributed by atoms with Crippen molar-refractivity contribution in [2.24, 2.45) is 23.5 Å². The van der Waals surface area contributed by atoms with Crippen LogP contribution in [0.25, 0.3) is 0 Å². The van der Waals surface area contributed by atoms with Gasteiger partial charge in [0.05, 0.1) is 7.11 Å². The van der Waals surface area contributed by atoms with E-state index in [0.29, 0.717) is 16.8 Å². The minimum Gasteiger partial charge on any atom is -0.466 e. The fourth-order valence-electron chi connectivity index (χ4n) is 2.85. The molecular formula is C14H19NO2S. The van der Waals surface area contributed by atoms with Crippen molar-refractivity contribution in [1.82, 2.24) is 0 Å². The van der Waals surface area contributed by atoms with E-state index in [1.165, 1.54) is 25.5 Å². The first-order valence-electron chi connectivity index (χ1n) is 6.27. The molecular weight excluding hydrogens is 246 g/mol. The van der Waals surface area contributed by atoms with Gasteiger partial charge in [0, 0.05) is 17.1 Å². The van der Waals surface area contributed by atoms with Crippen LogP contribution in [0.3, 0.4) is 0 Å². The van der Waals surface area contributed by atoms with Crippen molar-refractivity contribution >= 4 is 23.2 Å². The van der Waals surface area contributed by atoms with Crippen LogP contribution in [0.5, 0.6) is 0 Å². The zero-order valence-electron chi connectivity index (χ0n) is 11.0. The number of esters is 1. The Morgan fingerprint density at radius 1 is 1.50 bits per heavy atom. The summed E-state index contributed by atoms with van der Waals surface area (Å²) in [6.07, 6.45) is 4.23. The van der Waals surface area contributed by atoms with Gasteiger partial charge in [-0.25, -0.2) is 4.79 Å². The number of thiocarbonyl (C=S) groups is 1. The molecule has 0 spiro atoms. The average Bonchev–Trinajstić information content (AvgIpc) is 3.14. The van der Waals surface area contributed by atoms with E-state index >= 15 is 0 Å². The Morgan fingerprint density at radius 2 is 2.11 bits per heavy atom. The molecule has 2 unspecified atom stereocenters. The molecule has 0 aliphatic heterocycles. The van der Waals surface area contributed by atoms with E-state index < -0.39 is 0 Å². The Kier molecular flexibility index (Phi) is 3.57. The number of ether oxygens (including phenoxy) is 1. The predicted octanol–water partition coefficient (Wildman–Crippen LogP) is 2.36. The fourth-order valence-corrected chi connectivity index (χ4v) is 3.07. The molecule has 2 atom stereocenters. The first-order valence-corrected chi connectivity index (χ1v) is 6.68. The Bertz CT molecular complexity index is 460. The molecule has 1 fully saturated rings. The summed E-state index contributed by atoms with van der Waals surface area (Å²) in [4.78, 5) is 12.3. The molecule has 0 aromatic carbocycles. The largest absolute Gasteiger partial charge is 0.466 e. The third kappa shape index (κ3) is 2.21.